The zero-order valence-electron chi connectivity index (χ0n) is 21.2. The fourth-order valence-electron chi connectivity index (χ4n) is 5.38. The monoisotopic (exact) mass is 581 g/mol. The molecule has 4 amide bonds. The van der Waals surface area contributed by atoms with Crippen LogP contribution in [0.5, 0.6) is 0 Å². The number of sulfonamides is 1. The van der Waals surface area contributed by atoms with Crippen molar-refractivity contribution in [2.45, 2.75) is 67.9 Å². The van der Waals surface area contributed by atoms with Crippen LogP contribution in [-0.4, -0.2) is 60.2 Å². The van der Waals surface area contributed by atoms with Crippen LogP contribution in [0.4, 0.5) is 10.5 Å². The van der Waals surface area contributed by atoms with Gasteiger partial charge in [0.25, 0.3) is 27.7 Å². The Hall–Kier alpha value is -3.32. The molecule has 4 unspecified atom stereocenters. The maximum Gasteiger partial charge on any atom is 0.405 e. The van der Waals surface area contributed by atoms with E-state index in [4.69, 9.17) is 27.8 Å². The van der Waals surface area contributed by atoms with Gasteiger partial charge in [-0.3, -0.25) is 19.1 Å². The number of primary amides is 2. The Balaban J connectivity index is 1.74. The quantitative estimate of drug-likeness (QED) is 0.300. The molecular weight excluding hydrogens is 550 g/mol. The summed E-state index contributed by atoms with van der Waals surface area (Å²) < 4.78 is 35.0. The third kappa shape index (κ3) is 5.42. The molecule has 2 fully saturated rings. The van der Waals surface area contributed by atoms with E-state index in [0.717, 1.165) is 11.3 Å². The SMILES string of the molecule is NC(=O)OC1CCCCCC=CC2CC2(S(=O)(=O)Nc2ccccc2Cl)NC(=O)C2(C(N)=O)CCCN2C1=O. The van der Waals surface area contributed by atoms with E-state index in [9.17, 15) is 27.6 Å². The number of carbonyl (C=O) groups excluding carboxylic acids is 4. The molecule has 39 heavy (non-hydrogen) atoms. The number of hydrogen-bond donors (Lipinski definition) is 4. The van der Waals surface area contributed by atoms with E-state index in [1.165, 1.54) is 12.1 Å². The second kappa shape index (κ2) is 11.0. The molecule has 12 nitrogen and oxygen atoms in total. The Morgan fingerprint density at radius 3 is 2.56 bits per heavy atom. The number of para-hydroxylation sites is 1. The van der Waals surface area contributed by atoms with Crippen LogP contribution in [0.2, 0.25) is 5.02 Å². The highest BCUT2D eigenvalue weighted by Crippen LogP contribution is 2.50. The first-order valence-electron chi connectivity index (χ1n) is 12.8. The van der Waals surface area contributed by atoms with Crippen molar-refractivity contribution in [3.8, 4) is 0 Å². The van der Waals surface area contributed by atoms with E-state index >= 15 is 0 Å². The molecule has 2 aliphatic heterocycles. The van der Waals surface area contributed by atoms with Crippen LogP contribution in [0, 0.1) is 5.92 Å². The summed E-state index contributed by atoms with van der Waals surface area (Å²) in [4.78, 5) is 51.1. The van der Waals surface area contributed by atoms with Crippen molar-refractivity contribution in [3.05, 3.63) is 41.4 Å². The number of nitrogens with zero attached hydrogens (tertiary/aromatic N) is 1. The van der Waals surface area contributed by atoms with Crippen LogP contribution in [0.15, 0.2) is 36.4 Å². The molecule has 0 bridgehead atoms. The Morgan fingerprint density at radius 2 is 1.87 bits per heavy atom. The molecule has 1 aromatic carbocycles. The molecule has 4 rings (SSSR count). The minimum Gasteiger partial charge on any atom is -0.436 e. The topological polar surface area (TPSA) is 191 Å². The van der Waals surface area contributed by atoms with Gasteiger partial charge in [-0.2, -0.15) is 0 Å². The van der Waals surface area contributed by atoms with Gasteiger partial charge in [-0.05, 0) is 57.1 Å². The van der Waals surface area contributed by atoms with E-state index < -0.39 is 56.3 Å². The van der Waals surface area contributed by atoms with Crippen LogP contribution in [-0.2, 0) is 29.1 Å². The molecule has 1 aromatic rings. The number of benzene rings is 1. The van der Waals surface area contributed by atoms with Gasteiger partial charge in [-0.25, -0.2) is 13.2 Å². The molecular formula is C25H32ClN5O7S. The summed E-state index contributed by atoms with van der Waals surface area (Å²) >= 11 is 6.18. The number of nitrogens with two attached hydrogens (primary N) is 2. The molecule has 14 heteroatoms. The lowest BCUT2D eigenvalue weighted by atomic mass is 9.92. The lowest BCUT2D eigenvalue weighted by Gasteiger charge is -2.37. The van der Waals surface area contributed by atoms with Crippen molar-refractivity contribution >= 4 is 51.1 Å². The van der Waals surface area contributed by atoms with Gasteiger partial charge in [-0.1, -0.05) is 42.3 Å². The lowest BCUT2D eigenvalue weighted by molar-refractivity contribution is -0.157. The number of anilines is 1. The van der Waals surface area contributed by atoms with Crippen LogP contribution in [0.25, 0.3) is 0 Å². The van der Waals surface area contributed by atoms with Gasteiger partial charge in [0.15, 0.2) is 11.0 Å². The largest absolute Gasteiger partial charge is 0.436 e. The van der Waals surface area contributed by atoms with Crippen molar-refractivity contribution in [3.63, 3.8) is 0 Å². The lowest BCUT2D eigenvalue weighted by Crippen LogP contribution is -2.68. The molecule has 0 aromatic heterocycles. The fraction of sp³-hybridized carbons (Fsp3) is 0.520. The highest BCUT2D eigenvalue weighted by Gasteiger charge is 2.67. The van der Waals surface area contributed by atoms with Crippen molar-refractivity contribution in [2.24, 2.45) is 17.4 Å². The molecule has 1 saturated heterocycles. The first-order chi connectivity index (χ1) is 18.4. The minimum absolute atomic E-state index is 0.0191. The molecule has 6 N–H and O–H groups in total. The molecule has 1 saturated carbocycles. The fourth-order valence-corrected chi connectivity index (χ4v) is 7.38. The molecule has 1 aliphatic carbocycles. The normalized spacial score (nSPS) is 29.7. The Morgan fingerprint density at radius 1 is 1.13 bits per heavy atom. The van der Waals surface area contributed by atoms with Crippen molar-refractivity contribution < 1.29 is 32.3 Å². The maximum atomic E-state index is 13.9. The first-order valence-corrected chi connectivity index (χ1v) is 14.6. The zero-order valence-corrected chi connectivity index (χ0v) is 22.8. The molecule has 2 heterocycles. The van der Waals surface area contributed by atoms with E-state index in [2.05, 4.69) is 10.0 Å². The number of fused-ring (bicyclic) bond motifs is 2. The van der Waals surface area contributed by atoms with Gasteiger partial charge in [0.2, 0.25) is 5.54 Å². The van der Waals surface area contributed by atoms with Gasteiger partial charge < -0.3 is 26.4 Å². The molecule has 4 atom stereocenters. The van der Waals surface area contributed by atoms with Gasteiger partial charge in [0, 0.05) is 12.5 Å². The maximum absolute atomic E-state index is 13.9. The third-order valence-corrected chi connectivity index (χ3v) is 9.90. The van der Waals surface area contributed by atoms with Crippen LogP contribution >= 0.6 is 11.6 Å². The Bertz CT molecular complexity index is 1310. The second-order valence-electron chi connectivity index (χ2n) is 10.0. The van der Waals surface area contributed by atoms with Gasteiger partial charge in [0.1, 0.15) is 0 Å². The molecule has 212 valence electrons. The summed E-state index contributed by atoms with van der Waals surface area (Å²) in [6.45, 7) is -0.0191. The van der Waals surface area contributed by atoms with Gasteiger partial charge in [0.05, 0.1) is 10.7 Å². The van der Waals surface area contributed by atoms with Crippen LogP contribution in [0.3, 0.4) is 0 Å². The summed E-state index contributed by atoms with van der Waals surface area (Å²) in [6.07, 6.45) is 3.96. The van der Waals surface area contributed by atoms with Crippen molar-refractivity contribution in [1.29, 1.82) is 0 Å². The van der Waals surface area contributed by atoms with Crippen molar-refractivity contribution in [1.82, 2.24) is 10.2 Å². The highest BCUT2D eigenvalue weighted by atomic mass is 35.5. The number of ether oxygens (including phenoxy) is 1. The smallest absolute Gasteiger partial charge is 0.405 e. The van der Waals surface area contributed by atoms with E-state index in [0.29, 0.717) is 19.3 Å². The standard InChI is InChI=1S/C25H32ClN5O7S/c26-17-10-6-7-11-18(17)30-39(36,37)25-15-16(25)9-4-2-1-3-5-12-19(38-23(28)35)20(32)31-14-8-13-24(31,21(27)33)22(34)29-25/h4,6-7,9-11,16,19,30H,1-3,5,8,12-15H2,(H2,27,33)(H2,28,35)(H,29,34). The number of amides is 4. The number of carbonyl (C=O) groups is 4. The minimum atomic E-state index is -4.31. The summed E-state index contributed by atoms with van der Waals surface area (Å²) in [5, 5.41) is 2.74. The molecule has 0 radical (unpaired) electrons. The van der Waals surface area contributed by atoms with Crippen molar-refractivity contribution in [2.75, 3.05) is 11.3 Å². The van der Waals surface area contributed by atoms with E-state index in [1.54, 1.807) is 18.2 Å². The third-order valence-electron chi connectivity index (χ3n) is 7.55. The van der Waals surface area contributed by atoms with E-state index in [-0.39, 0.29) is 42.9 Å². The summed E-state index contributed by atoms with van der Waals surface area (Å²) in [7, 11) is -4.31. The predicted molar refractivity (Wildman–Crippen MR) is 143 cm³/mol. The second-order valence-corrected chi connectivity index (χ2v) is 12.4. The average molecular weight is 582 g/mol. The first kappa shape index (κ1) is 28.7. The molecule has 3 aliphatic rings. The predicted octanol–water partition coefficient (Wildman–Crippen LogP) is 1.74. The summed E-state index contributed by atoms with van der Waals surface area (Å²) in [6, 6.07) is 6.25. The number of halogens is 1. The average Bonchev–Trinajstić information content (AvgIpc) is 3.38. The zero-order chi connectivity index (χ0) is 28.4. The van der Waals surface area contributed by atoms with Crippen LogP contribution < -0.4 is 21.5 Å². The Kier molecular flexibility index (Phi) is 8.12. The number of allylic oxidation sites excluding steroid dienone is 1. The highest BCUT2D eigenvalue weighted by molar-refractivity contribution is 7.94. The number of nitrogens with one attached hydrogen (secondary N) is 2. The van der Waals surface area contributed by atoms with Crippen LogP contribution in [0.1, 0.15) is 51.4 Å². The van der Waals surface area contributed by atoms with Gasteiger partial charge in [-0.15, -0.1) is 0 Å². The number of rotatable bonds is 5. The number of hydrogen-bond acceptors (Lipinski definition) is 7. The van der Waals surface area contributed by atoms with E-state index in [1.807, 2.05) is 6.08 Å². The Labute approximate surface area is 231 Å². The molecule has 0 spiro atoms. The summed E-state index contributed by atoms with van der Waals surface area (Å²) in [5.74, 6) is -3.53. The summed E-state index contributed by atoms with van der Waals surface area (Å²) in [5.41, 5.74) is 8.88. The van der Waals surface area contributed by atoms with Gasteiger partial charge >= 0.3 is 6.09 Å².